The Bertz CT molecular complexity index is 61.8. The van der Waals surface area contributed by atoms with E-state index in [0.717, 1.165) is 0 Å². The van der Waals surface area contributed by atoms with E-state index in [0.29, 0.717) is 43.3 Å². The maximum Gasteiger partial charge on any atom is 0 e. The van der Waals surface area contributed by atoms with Crippen LogP contribution < -0.4 is 0 Å². The fourth-order valence-electron chi connectivity index (χ4n) is 0. The van der Waals surface area contributed by atoms with E-state index in [9.17, 15) is 4.79 Å². The van der Waals surface area contributed by atoms with Crippen LogP contribution in [0.15, 0.2) is 12.7 Å². The smallest absolute Gasteiger partial charge is 0 e. The van der Waals surface area contributed by atoms with Crippen molar-refractivity contribution in [3.63, 3.8) is 0 Å². The van der Waals surface area contributed by atoms with Crippen molar-refractivity contribution >= 4 is 44.0 Å². The molecule has 0 saturated carbocycles. The SMILES string of the molecule is C=C[C](=O)[Sr].[Ti]. The third kappa shape index (κ3) is 9.15. The molecule has 0 heterocycles. The summed E-state index contributed by atoms with van der Waals surface area (Å²) in [5.74, 6) is 0. The van der Waals surface area contributed by atoms with Crippen molar-refractivity contribution in [2.75, 3.05) is 0 Å². The summed E-state index contributed by atoms with van der Waals surface area (Å²) in [6.07, 6.45) is 1.35. The van der Waals surface area contributed by atoms with Gasteiger partial charge in [-0.25, -0.2) is 0 Å². The van der Waals surface area contributed by atoms with Gasteiger partial charge in [-0.15, -0.1) is 0 Å². The Morgan fingerprint density at radius 2 is 2.00 bits per heavy atom. The van der Waals surface area contributed by atoms with Crippen LogP contribution in [0.2, 0.25) is 0 Å². The summed E-state index contributed by atoms with van der Waals surface area (Å²) in [6, 6.07) is 0. The summed E-state index contributed by atoms with van der Waals surface area (Å²) in [6.45, 7) is 3.25. The standard InChI is InChI=1S/C3H3O.Sr.Ti/c1-2-3-4;;/h2H,1H2;;. The first-order valence-electron chi connectivity index (χ1n) is 1.25. The van der Waals surface area contributed by atoms with E-state index in [-0.39, 0.29) is 22.5 Å². The first-order valence-corrected chi connectivity index (χ1v) is 2.99. The molecule has 0 aliphatic rings. The first kappa shape index (κ1) is 10.6. The Morgan fingerprint density at radius 1 is 1.83 bits per heavy atom. The number of hydrogen-bond acceptors (Lipinski definition) is 1. The number of rotatable bonds is 1. The molecular formula is C3H3OSrTi. The molecule has 0 fully saturated rings. The van der Waals surface area contributed by atoms with Gasteiger partial charge in [-0.05, 0) is 0 Å². The van der Waals surface area contributed by atoms with Crippen LogP contribution in [0.5, 0.6) is 0 Å². The summed E-state index contributed by atoms with van der Waals surface area (Å²) in [5.41, 5.74) is 0. The van der Waals surface area contributed by atoms with E-state index in [1.807, 2.05) is 0 Å². The minimum Gasteiger partial charge on any atom is 0 e. The van der Waals surface area contributed by atoms with Gasteiger partial charge in [-0.1, -0.05) is 0 Å². The van der Waals surface area contributed by atoms with E-state index < -0.39 is 0 Å². The maximum atomic E-state index is 9.77. The molecule has 0 amide bonds. The Balaban J connectivity index is 0. The second kappa shape index (κ2) is 6.60. The number of carbonyl (C=O) groups excluding carboxylic acids is 1. The quantitative estimate of drug-likeness (QED) is 0.416. The Labute approximate surface area is 81.6 Å². The molecule has 27 valence electrons. The number of allylic oxidation sites excluding steroid dienone is 1. The molecule has 0 aromatic rings. The van der Waals surface area contributed by atoms with E-state index >= 15 is 0 Å². The molecule has 0 aromatic carbocycles. The zero-order valence-electron chi connectivity index (χ0n) is 3.40. The van der Waals surface area contributed by atoms with Gasteiger partial charge >= 0.3 is 61.5 Å². The topological polar surface area (TPSA) is 17.1 Å². The molecule has 0 bridgehead atoms. The molecule has 0 aliphatic heterocycles. The molecular weight excluding hydrogens is 188 g/mol. The van der Waals surface area contributed by atoms with Gasteiger partial charge in [-0.3, -0.25) is 0 Å². The van der Waals surface area contributed by atoms with E-state index in [4.69, 9.17) is 0 Å². The van der Waals surface area contributed by atoms with Gasteiger partial charge in [0.1, 0.15) is 0 Å². The second-order valence-electron chi connectivity index (χ2n) is 0.670. The molecule has 1 radical (unpaired) electrons. The molecule has 3 heteroatoms. The summed E-state index contributed by atoms with van der Waals surface area (Å²) < 4.78 is 0.189. The van der Waals surface area contributed by atoms with E-state index in [2.05, 4.69) is 6.58 Å². The number of carbonyl (C=O) groups is 1. The van der Waals surface area contributed by atoms with Crippen LogP contribution >= 0.6 is 0 Å². The van der Waals surface area contributed by atoms with Gasteiger partial charge in [0.25, 0.3) is 0 Å². The van der Waals surface area contributed by atoms with Crippen molar-refractivity contribution in [3.05, 3.63) is 12.7 Å². The average Bonchev–Trinajstić information content (AvgIpc) is 1.38. The Morgan fingerprint density at radius 3 is 2.00 bits per heavy atom. The molecule has 6 heavy (non-hydrogen) atoms. The summed E-state index contributed by atoms with van der Waals surface area (Å²) in [5, 5.41) is 0. The Hall–Kier alpha value is 1.60. The molecule has 0 atom stereocenters. The van der Waals surface area contributed by atoms with Crippen LogP contribution in [-0.2, 0) is 26.5 Å². The van der Waals surface area contributed by atoms with Crippen LogP contribution in [0.25, 0.3) is 0 Å². The van der Waals surface area contributed by atoms with Crippen molar-refractivity contribution < 1.29 is 26.5 Å². The zero-order valence-corrected chi connectivity index (χ0v) is 8.44. The second-order valence-corrected chi connectivity index (χ2v) is 2.38. The average molecular weight is 191 g/mol. The summed E-state index contributed by atoms with van der Waals surface area (Å²) in [4.78, 5) is 9.77. The van der Waals surface area contributed by atoms with Crippen molar-refractivity contribution in [1.82, 2.24) is 0 Å². The van der Waals surface area contributed by atoms with Crippen molar-refractivity contribution in [3.8, 4) is 0 Å². The van der Waals surface area contributed by atoms with E-state index in [1.54, 1.807) is 0 Å². The first-order chi connectivity index (χ1) is 2.27. The maximum absolute atomic E-state index is 9.77. The minimum atomic E-state index is 0. The van der Waals surface area contributed by atoms with E-state index in [1.165, 1.54) is 6.08 Å². The molecule has 0 spiro atoms. The van der Waals surface area contributed by atoms with Gasteiger partial charge < -0.3 is 0 Å². The molecule has 0 unspecified atom stereocenters. The summed E-state index contributed by atoms with van der Waals surface area (Å²) >= 11 is 0.422. The molecule has 0 saturated heterocycles. The largest absolute Gasteiger partial charge is 0 e. The van der Waals surface area contributed by atoms with Gasteiger partial charge in [0.05, 0.1) is 0 Å². The number of hydrogen-bond donors (Lipinski definition) is 0. The zero-order chi connectivity index (χ0) is 4.28. The minimum absolute atomic E-state index is 0. The van der Waals surface area contributed by atoms with Gasteiger partial charge in [0.2, 0.25) is 0 Å². The predicted molar refractivity (Wildman–Crippen MR) is 21.0 cm³/mol. The fourth-order valence-corrected chi connectivity index (χ4v) is 0. The molecule has 1 nitrogen and oxygen atoms in total. The molecule has 0 aliphatic carbocycles. The van der Waals surface area contributed by atoms with Gasteiger partial charge in [-0.2, -0.15) is 0 Å². The van der Waals surface area contributed by atoms with Crippen molar-refractivity contribution in [1.29, 1.82) is 0 Å². The van der Waals surface area contributed by atoms with Gasteiger partial charge in [0, 0.05) is 21.7 Å². The third-order valence-electron chi connectivity index (χ3n) is 0.228. The van der Waals surface area contributed by atoms with Crippen LogP contribution in [0, 0.1) is 0 Å². The summed E-state index contributed by atoms with van der Waals surface area (Å²) in [7, 11) is 0. The predicted octanol–water partition coefficient (Wildman–Crippen LogP) is -0.135. The van der Waals surface area contributed by atoms with Crippen LogP contribution in [0.1, 0.15) is 0 Å². The van der Waals surface area contributed by atoms with Crippen molar-refractivity contribution in [2.24, 2.45) is 0 Å². The van der Waals surface area contributed by atoms with Gasteiger partial charge in [0.15, 0.2) is 0 Å². The third-order valence-corrected chi connectivity index (χ3v) is 0.937. The van der Waals surface area contributed by atoms with Crippen LogP contribution in [-0.4, -0.2) is 44.0 Å². The molecule has 0 aromatic heterocycles. The molecule has 0 N–H and O–H groups in total. The van der Waals surface area contributed by atoms with Crippen molar-refractivity contribution in [2.45, 2.75) is 0 Å². The normalized spacial score (nSPS) is 5.17. The van der Waals surface area contributed by atoms with Crippen LogP contribution in [0.4, 0.5) is 0 Å². The Kier molecular flexibility index (Phi) is 11.6. The monoisotopic (exact) mass is 191 g/mol. The van der Waals surface area contributed by atoms with Crippen LogP contribution in [0.3, 0.4) is 0 Å². The molecule has 0 rings (SSSR count). The fraction of sp³-hybridized carbons (Fsp3) is 0.